The lowest BCUT2D eigenvalue weighted by molar-refractivity contribution is 0.781. The van der Waals surface area contributed by atoms with Gasteiger partial charge in [-0.1, -0.05) is 43.1 Å². The van der Waals surface area contributed by atoms with Crippen molar-refractivity contribution in [1.82, 2.24) is 9.78 Å². The lowest BCUT2D eigenvalue weighted by Crippen LogP contribution is -1.99. The molecule has 0 aliphatic heterocycles. The first-order valence-electron chi connectivity index (χ1n) is 6.13. The molecule has 2 N–H and O–H groups in total. The van der Waals surface area contributed by atoms with Gasteiger partial charge in [0.25, 0.3) is 0 Å². The fourth-order valence-electron chi connectivity index (χ4n) is 2.12. The molecule has 0 bridgehead atoms. The van der Waals surface area contributed by atoms with E-state index in [1.54, 1.807) is 4.68 Å². The van der Waals surface area contributed by atoms with Crippen molar-refractivity contribution in [2.75, 3.05) is 5.73 Å². The highest BCUT2D eigenvalue weighted by Gasteiger charge is 2.17. The van der Waals surface area contributed by atoms with Crippen molar-refractivity contribution in [3.05, 3.63) is 34.3 Å². The molecule has 1 aromatic carbocycles. The molecule has 96 valence electrons. The Kier molecular flexibility index (Phi) is 3.62. The second-order valence-electron chi connectivity index (χ2n) is 4.52. The normalized spacial score (nSPS) is 10.9. The summed E-state index contributed by atoms with van der Waals surface area (Å²) in [6, 6.07) is 5.99. The zero-order valence-electron chi connectivity index (χ0n) is 11.0. The van der Waals surface area contributed by atoms with Crippen molar-refractivity contribution in [2.45, 2.75) is 26.7 Å². The molecule has 0 fully saturated rings. The standard InChI is InChI=1S/C14H18ClN3/c1-4-6-11-13(17-18(3)14(11)16)10-8-5-7-9(2)12(10)15/h5,7-8H,4,6,16H2,1-3H3. The molecule has 2 aromatic rings. The molecule has 0 saturated carbocycles. The SMILES string of the molecule is CCCc1c(-c2cccc(C)c2Cl)nn(C)c1N. The van der Waals surface area contributed by atoms with E-state index in [0.717, 1.165) is 46.1 Å². The second kappa shape index (κ2) is 5.02. The van der Waals surface area contributed by atoms with Crippen molar-refractivity contribution in [2.24, 2.45) is 7.05 Å². The van der Waals surface area contributed by atoms with Gasteiger partial charge in [0.15, 0.2) is 0 Å². The van der Waals surface area contributed by atoms with E-state index in [4.69, 9.17) is 17.3 Å². The number of anilines is 1. The summed E-state index contributed by atoms with van der Waals surface area (Å²) in [6.07, 6.45) is 1.95. The summed E-state index contributed by atoms with van der Waals surface area (Å²) in [7, 11) is 1.86. The first-order valence-corrected chi connectivity index (χ1v) is 6.50. The molecule has 0 atom stereocenters. The van der Waals surface area contributed by atoms with Gasteiger partial charge in [0.1, 0.15) is 5.82 Å². The fraction of sp³-hybridized carbons (Fsp3) is 0.357. The maximum Gasteiger partial charge on any atom is 0.125 e. The van der Waals surface area contributed by atoms with Crippen LogP contribution in [-0.4, -0.2) is 9.78 Å². The summed E-state index contributed by atoms with van der Waals surface area (Å²) in [6.45, 7) is 4.13. The first-order chi connectivity index (χ1) is 8.56. The van der Waals surface area contributed by atoms with Crippen molar-refractivity contribution < 1.29 is 0 Å². The maximum atomic E-state index is 6.37. The molecule has 2 rings (SSSR count). The van der Waals surface area contributed by atoms with Gasteiger partial charge in [-0.15, -0.1) is 0 Å². The summed E-state index contributed by atoms with van der Waals surface area (Å²) in [5, 5.41) is 5.27. The number of hydrogen-bond acceptors (Lipinski definition) is 2. The van der Waals surface area contributed by atoms with E-state index in [-0.39, 0.29) is 0 Å². The van der Waals surface area contributed by atoms with Gasteiger partial charge in [0, 0.05) is 18.2 Å². The minimum absolute atomic E-state index is 0.726. The predicted octanol–water partition coefficient (Wildman–Crippen LogP) is 3.58. The Morgan fingerprint density at radius 3 is 2.78 bits per heavy atom. The van der Waals surface area contributed by atoms with E-state index in [9.17, 15) is 0 Å². The lowest BCUT2D eigenvalue weighted by atomic mass is 10.0. The molecule has 4 heteroatoms. The number of nitrogen functional groups attached to an aromatic ring is 1. The Bertz CT molecular complexity index is 573. The third-order valence-corrected chi connectivity index (χ3v) is 3.64. The molecular formula is C14H18ClN3. The quantitative estimate of drug-likeness (QED) is 0.920. The van der Waals surface area contributed by atoms with Gasteiger partial charge >= 0.3 is 0 Å². The molecule has 3 nitrogen and oxygen atoms in total. The first kappa shape index (κ1) is 13.0. The van der Waals surface area contributed by atoms with Gasteiger partial charge in [-0.3, -0.25) is 4.68 Å². The maximum absolute atomic E-state index is 6.37. The monoisotopic (exact) mass is 263 g/mol. The second-order valence-corrected chi connectivity index (χ2v) is 4.90. The van der Waals surface area contributed by atoms with Crippen LogP contribution in [0.3, 0.4) is 0 Å². The van der Waals surface area contributed by atoms with Crippen LogP contribution in [0.1, 0.15) is 24.5 Å². The van der Waals surface area contributed by atoms with Gasteiger partial charge in [-0.25, -0.2) is 0 Å². The van der Waals surface area contributed by atoms with Crippen molar-refractivity contribution in [1.29, 1.82) is 0 Å². The highest BCUT2D eigenvalue weighted by Crippen LogP contribution is 2.34. The zero-order valence-corrected chi connectivity index (χ0v) is 11.8. The molecule has 0 aliphatic rings. The molecule has 0 aliphatic carbocycles. The van der Waals surface area contributed by atoms with Crippen LogP contribution in [0.4, 0.5) is 5.82 Å². The molecule has 0 radical (unpaired) electrons. The summed E-state index contributed by atoms with van der Waals surface area (Å²) >= 11 is 6.37. The van der Waals surface area contributed by atoms with Gasteiger partial charge in [0.05, 0.1) is 10.7 Å². The summed E-state index contributed by atoms with van der Waals surface area (Å²) in [5.41, 5.74) is 10.1. The Morgan fingerprint density at radius 1 is 1.39 bits per heavy atom. The minimum Gasteiger partial charge on any atom is -0.384 e. The van der Waals surface area contributed by atoms with Crippen LogP contribution in [-0.2, 0) is 13.5 Å². The van der Waals surface area contributed by atoms with Crippen molar-refractivity contribution in [3.63, 3.8) is 0 Å². The van der Waals surface area contributed by atoms with Crippen LogP contribution in [0.25, 0.3) is 11.3 Å². The average Bonchev–Trinajstić information content (AvgIpc) is 2.61. The number of aromatic nitrogens is 2. The predicted molar refractivity (Wildman–Crippen MR) is 76.8 cm³/mol. The Morgan fingerprint density at radius 2 is 2.11 bits per heavy atom. The third kappa shape index (κ3) is 2.10. The lowest BCUT2D eigenvalue weighted by Gasteiger charge is -2.06. The van der Waals surface area contributed by atoms with E-state index in [0.29, 0.717) is 0 Å². The highest BCUT2D eigenvalue weighted by atomic mass is 35.5. The summed E-state index contributed by atoms with van der Waals surface area (Å²) < 4.78 is 1.72. The Hall–Kier alpha value is -1.48. The zero-order chi connectivity index (χ0) is 13.3. The third-order valence-electron chi connectivity index (χ3n) is 3.14. The van der Waals surface area contributed by atoms with Gasteiger partial charge in [-0.05, 0) is 18.9 Å². The average molecular weight is 264 g/mol. The number of rotatable bonds is 3. The molecule has 1 aromatic heterocycles. The molecule has 1 heterocycles. The summed E-state index contributed by atoms with van der Waals surface area (Å²) in [4.78, 5) is 0. The van der Waals surface area contributed by atoms with Crippen LogP contribution < -0.4 is 5.73 Å². The fourth-order valence-corrected chi connectivity index (χ4v) is 2.34. The molecule has 0 amide bonds. The smallest absolute Gasteiger partial charge is 0.125 e. The molecule has 0 saturated heterocycles. The van der Waals surface area contributed by atoms with Crippen molar-refractivity contribution in [3.8, 4) is 11.3 Å². The number of nitrogens with zero attached hydrogens (tertiary/aromatic N) is 2. The molecule has 0 unspecified atom stereocenters. The molecular weight excluding hydrogens is 246 g/mol. The van der Waals surface area contributed by atoms with E-state index in [1.165, 1.54) is 0 Å². The minimum atomic E-state index is 0.726. The molecule has 18 heavy (non-hydrogen) atoms. The van der Waals surface area contributed by atoms with Crippen LogP contribution in [0, 0.1) is 6.92 Å². The molecule has 0 spiro atoms. The van der Waals surface area contributed by atoms with Crippen LogP contribution >= 0.6 is 11.6 Å². The van der Waals surface area contributed by atoms with Crippen LogP contribution in [0.15, 0.2) is 18.2 Å². The van der Waals surface area contributed by atoms with Crippen molar-refractivity contribution >= 4 is 17.4 Å². The van der Waals surface area contributed by atoms with Gasteiger partial charge < -0.3 is 5.73 Å². The number of aryl methyl sites for hydroxylation is 2. The van der Waals surface area contributed by atoms with E-state index < -0.39 is 0 Å². The van der Waals surface area contributed by atoms with E-state index >= 15 is 0 Å². The Balaban J connectivity index is 2.63. The van der Waals surface area contributed by atoms with Gasteiger partial charge in [-0.2, -0.15) is 5.10 Å². The number of nitrogens with two attached hydrogens (primary N) is 1. The number of hydrogen-bond donors (Lipinski definition) is 1. The van der Waals surface area contributed by atoms with Crippen LogP contribution in [0.5, 0.6) is 0 Å². The van der Waals surface area contributed by atoms with E-state index in [2.05, 4.69) is 12.0 Å². The highest BCUT2D eigenvalue weighted by molar-refractivity contribution is 6.34. The van der Waals surface area contributed by atoms with Crippen LogP contribution in [0.2, 0.25) is 5.02 Å². The number of halogens is 1. The largest absolute Gasteiger partial charge is 0.384 e. The Labute approximate surface area is 113 Å². The topological polar surface area (TPSA) is 43.8 Å². The summed E-state index contributed by atoms with van der Waals surface area (Å²) in [5.74, 6) is 0.726. The van der Waals surface area contributed by atoms with E-state index in [1.807, 2.05) is 32.2 Å². The number of benzene rings is 1. The van der Waals surface area contributed by atoms with Gasteiger partial charge in [0.2, 0.25) is 0 Å².